The Bertz CT molecular complexity index is 604. The fourth-order valence-electron chi connectivity index (χ4n) is 2.61. The summed E-state index contributed by atoms with van der Waals surface area (Å²) in [6, 6.07) is -0.333. The van der Waals surface area contributed by atoms with Crippen LogP contribution in [0, 0.1) is 13.8 Å². The SMILES string of the molecule is Cc1noc(C)c1CO[C@@H]1CCOC[C@@H]1NS(=O)(=O)C1CC1. The number of hydrogen-bond donors (Lipinski definition) is 1. The molecule has 2 heterocycles. The van der Waals surface area contributed by atoms with Gasteiger partial charge < -0.3 is 14.0 Å². The zero-order valence-corrected chi connectivity index (χ0v) is 13.7. The number of aryl methyl sites for hydroxylation is 2. The Kier molecular flexibility index (Phi) is 4.54. The average molecular weight is 330 g/mol. The van der Waals surface area contributed by atoms with E-state index in [2.05, 4.69) is 9.88 Å². The molecule has 22 heavy (non-hydrogen) atoms. The second kappa shape index (κ2) is 6.27. The molecule has 1 aliphatic heterocycles. The van der Waals surface area contributed by atoms with Crippen molar-refractivity contribution in [2.75, 3.05) is 13.2 Å². The molecule has 0 amide bonds. The van der Waals surface area contributed by atoms with Gasteiger partial charge in [0.05, 0.1) is 36.3 Å². The van der Waals surface area contributed by atoms with E-state index in [0.29, 0.717) is 26.2 Å². The van der Waals surface area contributed by atoms with Crippen LogP contribution in [0.5, 0.6) is 0 Å². The maximum absolute atomic E-state index is 12.1. The minimum atomic E-state index is -3.25. The Morgan fingerprint density at radius 1 is 1.32 bits per heavy atom. The molecular weight excluding hydrogens is 308 g/mol. The Balaban J connectivity index is 1.62. The van der Waals surface area contributed by atoms with Gasteiger partial charge in [-0.1, -0.05) is 5.16 Å². The summed E-state index contributed by atoms with van der Waals surface area (Å²) in [5.41, 5.74) is 1.73. The lowest BCUT2D eigenvalue weighted by Crippen LogP contribution is -2.51. The molecule has 1 saturated heterocycles. The molecule has 0 radical (unpaired) electrons. The Labute approximate surface area is 130 Å². The quantitative estimate of drug-likeness (QED) is 0.838. The van der Waals surface area contributed by atoms with Gasteiger partial charge in [-0.2, -0.15) is 0 Å². The summed E-state index contributed by atoms with van der Waals surface area (Å²) >= 11 is 0. The van der Waals surface area contributed by atoms with E-state index in [1.54, 1.807) is 0 Å². The van der Waals surface area contributed by atoms with E-state index in [0.717, 1.165) is 29.9 Å². The van der Waals surface area contributed by atoms with Crippen LogP contribution in [0.25, 0.3) is 0 Å². The lowest BCUT2D eigenvalue weighted by atomic mass is 10.1. The van der Waals surface area contributed by atoms with Gasteiger partial charge in [0.25, 0.3) is 0 Å². The minimum Gasteiger partial charge on any atom is -0.380 e. The molecule has 8 heteroatoms. The number of sulfonamides is 1. The highest BCUT2D eigenvalue weighted by atomic mass is 32.2. The van der Waals surface area contributed by atoms with E-state index in [4.69, 9.17) is 14.0 Å². The molecule has 0 bridgehead atoms. The number of aromatic nitrogens is 1. The van der Waals surface area contributed by atoms with Gasteiger partial charge >= 0.3 is 0 Å². The van der Waals surface area contributed by atoms with E-state index in [1.165, 1.54) is 0 Å². The van der Waals surface area contributed by atoms with Crippen molar-refractivity contribution in [2.45, 2.75) is 57.1 Å². The molecule has 0 aromatic carbocycles. The molecule has 7 nitrogen and oxygen atoms in total. The smallest absolute Gasteiger partial charge is 0.214 e. The third kappa shape index (κ3) is 3.51. The molecule has 1 aromatic heterocycles. The molecule has 0 spiro atoms. The van der Waals surface area contributed by atoms with Crippen molar-refractivity contribution in [3.05, 3.63) is 17.0 Å². The zero-order chi connectivity index (χ0) is 15.7. The summed E-state index contributed by atoms with van der Waals surface area (Å²) in [5.74, 6) is 0.736. The second-order valence-electron chi connectivity index (χ2n) is 5.98. The summed E-state index contributed by atoms with van der Waals surface area (Å²) in [5, 5.41) is 3.66. The third-order valence-electron chi connectivity index (χ3n) is 4.19. The summed E-state index contributed by atoms with van der Waals surface area (Å²) in [6.07, 6.45) is 1.96. The van der Waals surface area contributed by atoms with Crippen molar-refractivity contribution in [1.29, 1.82) is 0 Å². The first kappa shape index (κ1) is 15.9. The van der Waals surface area contributed by atoms with Crippen LogP contribution < -0.4 is 4.72 Å². The van der Waals surface area contributed by atoms with Gasteiger partial charge in [-0.3, -0.25) is 0 Å². The second-order valence-corrected chi connectivity index (χ2v) is 7.98. The zero-order valence-electron chi connectivity index (χ0n) is 12.9. The van der Waals surface area contributed by atoms with Crippen LogP contribution in [-0.4, -0.2) is 44.2 Å². The first-order chi connectivity index (χ1) is 10.5. The maximum Gasteiger partial charge on any atom is 0.214 e. The molecule has 1 aliphatic carbocycles. The summed E-state index contributed by atoms with van der Waals surface area (Å²) in [6.45, 7) is 5.00. The lowest BCUT2D eigenvalue weighted by molar-refractivity contribution is -0.0575. The van der Waals surface area contributed by atoms with Crippen LogP contribution in [-0.2, 0) is 26.1 Å². The Morgan fingerprint density at radius 3 is 2.73 bits per heavy atom. The summed E-state index contributed by atoms with van der Waals surface area (Å²) < 4.78 is 43.4. The van der Waals surface area contributed by atoms with Crippen molar-refractivity contribution >= 4 is 10.0 Å². The molecular formula is C14H22N2O5S. The maximum atomic E-state index is 12.1. The van der Waals surface area contributed by atoms with Crippen LogP contribution >= 0.6 is 0 Å². The van der Waals surface area contributed by atoms with Gasteiger partial charge in [-0.05, 0) is 33.1 Å². The predicted molar refractivity (Wildman–Crippen MR) is 78.9 cm³/mol. The number of hydrogen-bond acceptors (Lipinski definition) is 6. The van der Waals surface area contributed by atoms with Crippen LogP contribution in [0.3, 0.4) is 0 Å². The van der Waals surface area contributed by atoms with Gasteiger partial charge in [0, 0.05) is 12.2 Å². The van der Waals surface area contributed by atoms with Crippen molar-refractivity contribution in [3.63, 3.8) is 0 Å². The number of rotatable bonds is 6. The highest BCUT2D eigenvalue weighted by molar-refractivity contribution is 7.90. The number of nitrogens with one attached hydrogen (secondary N) is 1. The minimum absolute atomic E-state index is 0.198. The third-order valence-corrected chi connectivity index (χ3v) is 6.18. The van der Waals surface area contributed by atoms with Crippen LogP contribution in [0.1, 0.15) is 36.3 Å². The van der Waals surface area contributed by atoms with Crippen LogP contribution in [0.15, 0.2) is 4.52 Å². The normalized spacial score (nSPS) is 26.3. The molecule has 1 N–H and O–H groups in total. The van der Waals surface area contributed by atoms with Crippen molar-refractivity contribution < 1.29 is 22.4 Å². The average Bonchev–Trinajstić information content (AvgIpc) is 3.27. The van der Waals surface area contributed by atoms with Crippen molar-refractivity contribution in [2.24, 2.45) is 0 Å². The van der Waals surface area contributed by atoms with E-state index < -0.39 is 10.0 Å². The number of nitrogens with zero attached hydrogens (tertiary/aromatic N) is 1. The molecule has 124 valence electrons. The largest absolute Gasteiger partial charge is 0.380 e. The first-order valence-electron chi connectivity index (χ1n) is 7.59. The van der Waals surface area contributed by atoms with E-state index in [9.17, 15) is 8.42 Å². The summed E-state index contributed by atoms with van der Waals surface area (Å²) in [4.78, 5) is 0. The molecule has 2 aliphatic rings. The predicted octanol–water partition coefficient (Wildman–Crippen LogP) is 1.05. The molecule has 0 unspecified atom stereocenters. The molecule has 2 fully saturated rings. The van der Waals surface area contributed by atoms with Crippen molar-refractivity contribution in [1.82, 2.24) is 9.88 Å². The Morgan fingerprint density at radius 2 is 2.09 bits per heavy atom. The van der Waals surface area contributed by atoms with Gasteiger partial charge in [-0.25, -0.2) is 13.1 Å². The highest BCUT2D eigenvalue weighted by Crippen LogP contribution is 2.28. The monoisotopic (exact) mass is 330 g/mol. The van der Waals surface area contributed by atoms with E-state index >= 15 is 0 Å². The first-order valence-corrected chi connectivity index (χ1v) is 9.14. The standard InChI is InChI=1S/C14H22N2O5S/c1-9-12(10(2)21-15-9)7-20-14-5-6-19-8-13(14)16-22(17,18)11-3-4-11/h11,13-14,16H,3-8H2,1-2H3/t13-,14+/m0/s1. The van der Waals surface area contributed by atoms with E-state index in [1.807, 2.05) is 13.8 Å². The molecule has 3 rings (SSSR count). The lowest BCUT2D eigenvalue weighted by Gasteiger charge is -2.31. The Hall–Kier alpha value is -0.960. The van der Waals surface area contributed by atoms with Gasteiger partial charge in [0.1, 0.15) is 5.76 Å². The fourth-order valence-corrected chi connectivity index (χ4v) is 4.20. The van der Waals surface area contributed by atoms with Gasteiger partial charge in [0.2, 0.25) is 10.0 Å². The van der Waals surface area contributed by atoms with Crippen LogP contribution in [0.4, 0.5) is 0 Å². The van der Waals surface area contributed by atoms with E-state index in [-0.39, 0.29) is 17.4 Å². The van der Waals surface area contributed by atoms with Crippen LogP contribution in [0.2, 0.25) is 0 Å². The highest BCUT2D eigenvalue weighted by Gasteiger charge is 2.39. The molecule has 2 atom stereocenters. The fraction of sp³-hybridized carbons (Fsp3) is 0.786. The topological polar surface area (TPSA) is 90.7 Å². The number of ether oxygens (including phenoxy) is 2. The molecule has 1 saturated carbocycles. The summed E-state index contributed by atoms with van der Waals surface area (Å²) in [7, 11) is -3.25. The molecule has 1 aromatic rings. The van der Waals surface area contributed by atoms with Crippen molar-refractivity contribution in [3.8, 4) is 0 Å². The van der Waals surface area contributed by atoms with Gasteiger partial charge in [0.15, 0.2) is 0 Å². The van der Waals surface area contributed by atoms with Gasteiger partial charge in [-0.15, -0.1) is 0 Å².